The van der Waals surface area contributed by atoms with Gasteiger partial charge in [-0.15, -0.1) is 0 Å². The van der Waals surface area contributed by atoms with Gasteiger partial charge in [-0.2, -0.15) is 5.10 Å². The summed E-state index contributed by atoms with van der Waals surface area (Å²) in [6.45, 7) is 0. The number of aromatic nitrogens is 2. The van der Waals surface area contributed by atoms with E-state index in [-0.39, 0.29) is 0 Å². The summed E-state index contributed by atoms with van der Waals surface area (Å²) in [5, 5.41) is 6.94. The molecule has 1 aliphatic rings. The van der Waals surface area contributed by atoms with E-state index in [2.05, 4.69) is 10.2 Å². The first kappa shape index (κ1) is 7.03. The van der Waals surface area contributed by atoms with Gasteiger partial charge >= 0.3 is 0 Å². The van der Waals surface area contributed by atoms with E-state index >= 15 is 0 Å². The number of fused-ring (bicyclic) bond motifs is 3. The quantitative estimate of drug-likeness (QED) is 0.648. The molecule has 0 saturated carbocycles. The van der Waals surface area contributed by atoms with Crippen molar-refractivity contribution in [2.45, 2.75) is 4.90 Å². The second kappa shape index (κ2) is 2.53. The van der Waals surface area contributed by atoms with Gasteiger partial charge in [0.25, 0.3) is 0 Å². The van der Waals surface area contributed by atoms with Crippen molar-refractivity contribution in [3.8, 4) is 17.0 Å². The summed E-state index contributed by atoms with van der Waals surface area (Å²) in [6.07, 6.45) is 1.77. The summed E-state index contributed by atoms with van der Waals surface area (Å²) in [7, 11) is 0. The Hall–Kier alpha value is -1.42. The first-order valence-corrected chi connectivity index (χ1v) is 4.66. The monoisotopic (exact) mass is 190 g/mol. The third-order valence-corrected chi connectivity index (χ3v) is 2.73. The van der Waals surface area contributed by atoms with Gasteiger partial charge in [-0.05, 0) is 12.1 Å². The standard InChI is InChI=1S/C9H6N2OS/c1-2-4-7-6(3-1)9-8(13-12-7)5-10-11-9/h1-5H,(H,10,11). The lowest BCUT2D eigenvalue weighted by Crippen LogP contribution is -1.93. The van der Waals surface area contributed by atoms with Crippen molar-refractivity contribution in [1.29, 1.82) is 0 Å². The lowest BCUT2D eigenvalue weighted by molar-refractivity contribution is 0.642. The predicted octanol–water partition coefficient (Wildman–Crippen LogP) is 2.48. The molecule has 64 valence electrons. The van der Waals surface area contributed by atoms with Crippen molar-refractivity contribution in [1.82, 2.24) is 10.2 Å². The fourth-order valence-corrected chi connectivity index (χ4v) is 2.03. The van der Waals surface area contributed by atoms with Crippen molar-refractivity contribution in [3.05, 3.63) is 30.5 Å². The minimum absolute atomic E-state index is 0.893. The molecular formula is C9H6N2OS. The molecule has 3 nitrogen and oxygen atoms in total. The highest BCUT2D eigenvalue weighted by Crippen LogP contribution is 2.41. The molecule has 0 unspecified atom stereocenters. The van der Waals surface area contributed by atoms with Gasteiger partial charge in [0.2, 0.25) is 0 Å². The number of hydrogen-bond donors (Lipinski definition) is 1. The van der Waals surface area contributed by atoms with Gasteiger partial charge in [-0.1, -0.05) is 12.1 Å². The molecule has 0 aliphatic carbocycles. The molecule has 0 bridgehead atoms. The molecule has 1 N–H and O–H groups in total. The second-order valence-corrected chi connectivity index (χ2v) is 3.55. The third kappa shape index (κ3) is 0.954. The molecule has 0 saturated heterocycles. The number of nitrogens with one attached hydrogen (secondary N) is 1. The van der Waals surface area contributed by atoms with Crippen LogP contribution in [0.4, 0.5) is 0 Å². The summed E-state index contributed by atoms with van der Waals surface area (Å²) in [5.41, 5.74) is 2.13. The maximum atomic E-state index is 5.46. The minimum Gasteiger partial charge on any atom is -0.420 e. The molecule has 0 radical (unpaired) electrons. The van der Waals surface area contributed by atoms with Crippen LogP contribution in [0.15, 0.2) is 35.4 Å². The molecule has 1 aromatic heterocycles. The van der Waals surface area contributed by atoms with Gasteiger partial charge in [0.05, 0.1) is 28.8 Å². The number of rotatable bonds is 0. The Balaban J connectivity index is 2.30. The Morgan fingerprint density at radius 3 is 3.23 bits per heavy atom. The Labute approximate surface area is 79.3 Å². The highest BCUT2D eigenvalue weighted by Gasteiger charge is 2.19. The van der Waals surface area contributed by atoms with Gasteiger partial charge in [0, 0.05) is 5.56 Å². The topological polar surface area (TPSA) is 37.9 Å². The first-order valence-electron chi connectivity index (χ1n) is 3.92. The largest absolute Gasteiger partial charge is 0.420 e. The Kier molecular flexibility index (Phi) is 1.37. The van der Waals surface area contributed by atoms with Crippen molar-refractivity contribution < 1.29 is 4.18 Å². The molecule has 0 amide bonds. The van der Waals surface area contributed by atoms with Crippen LogP contribution in [0.25, 0.3) is 11.3 Å². The SMILES string of the molecule is c1ccc2c(c1)OSc1cn[nH]c1-2. The maximum absolute atomic E-state index is 5.46. The molecule has 1 aliphatic heterocycles. The summed E-state index contributed by atoms with van der Waals surface area (Å²) in [6, 6.07) is 7.92. The van der Waals surface area contributed by atoms with E-state index in [4.69, 9.17) is 4.18 Å². The normalized spacial score (nSPS) is 12.9. The molecule has 3 rings (SSSR count). The fourth-order valence-electron chi connectivity index (χ4n) is 1.37. The smallest absolute Gasteiger partial charge is 0.147 e. The highest BCUT2D eigenvalue weighted by atomic mass is 32.2. The molecule has 2 aromatic rings. The van der Waals surface area contributed by atoms with E-state index in [1.54, 1.807) is 6.20 Å². The van der Waals surface area contributed by atoms with E-state index in [0.29, 0.717) is 0 Å². The Morgan fingerprint density at radius 2 is 2.23 bits per heavy atom. The molecule has 0 fully saturated rings. The van der Waals surface area contributed by atoms with Crippen LogP contribution in [0, 0.1) is 0 Å². The van der Waals surface area contributed by atoms with E-state index in [1.165, 1.54) is 12.0 Å². The molecule has 0 spiro atoms. The molecule has 2 heterocycles. The average molecular weight is 190 g/mol. The molecule has 1 aromatic carbocycles. The van der Waals surface area contributed by atoms with Crippen LogP contribution in [0.2, 0.25) is 0 Å². The summed E-state index contributed by atoms with van der Waals surface area (Å²) < 4.78 is 5.46. The number of hydrogen-bond acceptors (Lipinski definition) is 3. The van der Waals surface area contributed by atoms with Crippen molar-refractivity contribution in [2.75, 3.05) is 0 Å². The zero-order chi connectivity index (χ0) is 8.67. The van der Waals surface area contributed by atoms with Crippen LogP contribution in [0.1, 0.15) is 0 Å². The van der Waals surface area contributed by atoms with Crippen LogP contribution in [0.3, 0.4) is 0 Å². The number of benzene rings is 1. The van der Waals surface area contributed by atoms with E-state index in [9.17, 15) is 0 Å². The number of H-pyrrole nitrogens is 1. The van der Waals surface area contributed by atoms with Crippen LogP contribution in [-0.2, 0) is 0 Å². The Bertz CT molecular complexity index is 452. The van der Waals surface area contributed by atoms with Gasteiger partial charge in [-0.25, -0.2) is 0 Å². The van der Waals surface area contributed by atoms with Gasteiger partial charge in [0.1, 0.15) is 5.75 Å². The lowest BCUT2D eigenvalue weighted by atomic mass is 10.1. The van der Waals surface area contributed by atoms with Crippen molar-refractivity contribution in [2.24, 2.45) is 0 Å². The lowest BCUT2D eigenvalue weighted by Gasteiger charge is -2.13. The Morgan fingerprint density at radius 1 is 1.31 bits per heavy atom. The van der Waals surface area contributed by atoms with Gasteiger partial charge in [-0.3, -0.25) is 5.10 Å². The minimum atomic E-state index is 0.893. The second-order valence-electron chi connectivity index (χ2n) is 2.77. The number of para-hydroxylation sites is 1. The van der Waals surface area contributed by atoms with Gasteiger partial charge < -0.3 is 4.18 Å². The van der Waals surface area contributed by atoms with Crippen LogP contribution in [0.5, 0.6) is 5.75 Å². The van der Waals surface area contributed by atoms with E-state index in [0.717, 1.165) is 21.9 Å². The zero-order valence-corrected chi connectivity index (χ0v) is 7.47. The predicted molar refractivity (Wildman–Crippen MR) is 50.5 cm³/mol. The maximum Gasteiger partial charge on any atom is 0.147 e. The fraction of sp³-hybridized carbons (Fsp3) is 0. The van der Waals surface area contributed by atoms with Crippen LogP contribution < -0.4 is 4.18 Å². The average Bonchev–Trinajstić information content (AvgIpc) is 2.65. The summed E-state index contributed by atoms with van der Waals surface area (Å²) in [5.74, 6) is 0.893. The van der Waals surface area contributed by atoms with Crippen molar-refractivity contribution in [3.63, 3.8) is 0 Å². The first-order chi connectivity index (χ1) is 6.45. The third-order valence-electron chi connectivity index (χ3n) is 1.98. The molecule has 4 heteroatoms. The molecular weight excluding hydrogens is 184 g/mol. The summed E-state index contributed by atoms with van der Waals surface area (Å²) >= 11 is 1.34. The number of nitrogens with zero attached hydrogens (tertiary/aromatic N) is 1. The van der Waals surface area contributed by atoms with Gasteiger partial charge in [0.15, 0.2) is 0 Å². The highest BCUT2D eigenvalue weighted by molar-refractivity contribution is 7.95. The molecule has 13 heavy (non-hydrogen) atoms. The van der Waals surface area contributed by atoms with Crippen LogP contribution >= 0.6 is 12.0 Å². The van der Waals surface area contributed by atoms with E-state index < -0.39 is 0 Å². The van der Waals surface area contributed by atoms with E-state index in [1.807, 2.05) is 24.3 Å². The zero-order valence-electron chi connectivity index (χ0n) is 6.65. The molecule has 0 atom stereocenters. The number of aromatic amines is 1. The summed E-state index contributed by atoms with van der Waals surface area (Å²) in [4.78, 5) is 1.04. The van der Waals surface area contributed by atoms with Crippen molar-refractivity contribution >= 4 is 12.0 Å². The van der Waals surface area contributed by atoms with Crippen LogP contribution in [-0.4, -0.2) is 10.2 Å².